The Morgan fingerprint density at radius 1 is 1.31 bits per heavy atom. The molecule has 1 fully saturated rings. The predicted molar refractivity (Wildman–Crippen MR) is 116 cm³/mol. The fraction of sp³-hybridized carbons (Fsp3) is 0.571. The molecule has 4 atom stereocenters. The van der Waals surface area contributed by atoms with Crippen molar-refractivity contribution in [2.75, 3.05) is 12.4 Å². The topological polar surface area (TPSA) is 95.1 Å². The molecule has 0 radical (unpaired) electrons. The number of rotatable bonds is 7. The molecular weight excluding hydrogens is 386 g/mol. The number of hydrogen-bond donors (Lipinski definition) is 2. The highest BCUT2D eigenvalue weighted by atomic mass is 32.2. The third kappa shape index (κ3) is 5.04. The van der Waals surface area contributed by atoms with Gasteiger partial charge in [0.15, 0.2) is 5.82 Å². The number of nitrogens with one attached hydrogen (secondary N) is 1. The highest BCUT2D eigenvalue weighted by molar-refractivity contribution is 8.00. The van der Waals surface area contributed by atoms with E-state index in [0.717, 1.165) is 17.7 Å². The predicted octanol–water partition coefficient (Wildman–Crippen LogP) is 3.48. The van der Waals surface area contributed by atoms with Crippen molar-refractivity contribution in [2.45, 2.75) is 63.4 Å². The smallest absolute Gasteiger partial charge is 0.233 e. The lowest BCUT2D eigenvalue weighted by Crippen LogP contribution is -2.46. The molecule has 3 rings (SSSR count). The fourth-order valence-corrected chi connectivity index (χ4v) is 4.50. The van der Waals surface area contributed by atoms with Gasteiger partial charge in [-0.3, -0.25) is 4.79 Å². The van der Waals surface area contributed by atoms with Crippen LogP contribution in [0.5, 0.6) is 5.75 Å². The highest BCUT2D eigenvalue weighted by Crippen LogP contribution is 2.30. The summed E-state index contributed by atoms with van der Waals surface area (Å²) in [6.45, 7) is 8.93. The molecule has 7 nitrogen and oxygen atoms in total. The van der Waals surface area contributed by atoms with Gasteiger partial charge in [-0.05, 0) is 56.4 Å². The molecule has 0 bridgehead atoms. The Morgan fingerprint density at radius 3 is 2.72 bits per heavy atom. The monoisotopic (exact) mass is 417 g/mol. The van der Waals surface area contributed by atoms with E-state index in [1.165, 1.54) is 29.3 Å². The molecule has 0 unspecified atom stereocenters. The van der Waals surface area contributed by atoms with E-state index in [4.69, 9.17) is 10.6 Å². The Bertz CT molecular complexity index is 823. The fourth-order valence-electron chi connectivity index (χ4n) is 3.72. The largest absolute Gasteiger partial charge is 0.494 e. The quantitative estimate of drug-likeness (QED) is 0.529. The van der Waals surface area contributed by atoms with Crippen molar-refractivity contribution in [3.8, 4) is 17.1 Å². The number of aromatic nitrogens is 3. The molecule has 158 valence electrons. The molecule has 0 spiro atoms. The zero-order valence-electron chi connectivity index (χ0n) is 17.6. The molecule has 1 aromatic carbocycles. The maximum Gasteiger partial charge on any atom is 0.233 e. The maximum absolute atomic E-state index is 12.7. The van der Waals surface area contributed by atoms with Crippen LogP contribution in [0.4, 0.5) is 0 Å². The van der Waals surface area contributed by atoms with Gasteiger partial charge in [-0.15, -0.1) is 10.2 Å². The van der Waals surface area contributed by atoms with Crippen molar-refractivity contribution in [3.05, 3.63) is 24.3 Å². The van der Waals surface area contributed by atoms with Gasteiger partial charge in [0.05, 0.1) is 11.9 Å². The van der Waals surface area contributed by atoms with Gasteiger partial charge in [0.1, 0.15) is 5.75 Å². The van der Waals surface area contributed by atoms with Gasteiger partial charge >= 0.3 is 0 Å². The minimum atomic E-state index is -0.306. The summed E-state index contributed by atoms with van der Waals surface area (Å²) in [5.74, 6) is 8.72. The van der Waals surface area contributed by atoms with E-state index in [1.807, 2.05) is 38.1 Å². The second kappa shape index (κ2) is 9.52. The van der Waals surface area contributed by atoms with Crippen molar-refractivity contribution in [3.63, 3.8) is 0 Å². The Labute approximate surface area is 176 Å². The maximum atomic E-state index is 12.7. The third-order valence-electron chi connectivity index (χ3n) is 5.77. The number of carbonyl (C=O) groups excluding carboxylic acids is 1. The minimum Gasteiger partial charge on any atom is -0.494 e. The summed E-state index contributed by atoms with van der Waals surface area (Å²) in [4.78, 5) is 12.7. The number of hydrogen-bond acceptors (Lipinski definition) is 6. The van der Waals surface area contributed by atoms with Crippen LogP contribution in [-0.4, -0.2) is 38.7 Å². The van der Waals surface area contributed by atoms with E-state index in [2.05, 4.69) is 29.4 Å². The van der Waals surface area contributed by atoms with Crippen LogP contribution in [0.1, 0.15) is 47.0 Å². The van der Waals surface area contributed by atoms with E-state index >= 15 is 0 Å². The number of benzene rings is 1. The van der Waals surface area contributed by atoms with E-state index in [-0.39, 0.29) is 17.2 Å². The van der Waals surface area contributed by atoms with Crippen molar-refractivity contribution < 1.29 is 9.53 Å². The lowest BCUT2D eigenvalue weighted by molar-refractivity contribution is -0.121. The van der Waals surface area contributed by atoms with E-state index < -0.39 is 0 Å². The first-order valence-electron chi connectivity index (χ1n) is 10.3. The number of amides is 1. The van der Waals surface area contributed by atoms with Crippen molar-refractivity contribution >= 4 is 17.7 Å². The molecule has 1 aromatic heterocycles. The van der Waals surface area contributed by atoms with Crippen LogP contribution in [0.15, 0.2) is 29.4 Å². The SMILES string of the molecule is CCOc1ccc(-c2nnc(S[C@H](C)C(=O)N[C@@H]3CCC[C@H](C)[C@@H]3C)n2N)cc1. The third-order valence-corrected chi connectivity index (χ3v) is 6.83. The Morgan fingerprint density at radius 2 is 2.03 bits per heavy atom. The molecule has 1 saturated carbocycles. The molecular formula is C21H31N5O2S. The summed E-state index contributed by atoms with van der Waals surface area (Å²) in [6, 6.07) is 7.79. The Balaban J connectivity index is 1.63. The van der Waals surface area contributed by atoms with Gasteiger partial charge in [0.2, 0.25) is 11.1 Å². The number of carbonyl (C=O) groups is 1. The number of nitrogens with two attached hydrogens (primary N) is 1. The average molecular weight is 418 g/mol. The second-order valence-corrected chi connectivity index (χ2v) is 9.08. The Kier molecular flexibility index (Phi) is 7.05. The molecule has 3 N–H and O–H groups in total. The number of thioether (sulfide) groups is 1. The highest BCUT2D eigenvalue weighted by Gasteiger charge is 2.30. The molecule has 1 heterocycles. The summed E-state index contributed by atoms with van der Waals surface area (Å²) in [5, 5.41) is 11.8. The van der Waals surface area contributed by atoms with Gasteiger partial charge in [0.25, 0.3) is 0 Å². The molecule has 0 saturated heterocycles. The molecule has 0 aliphatic heterocycles. The lowest BCUT2D eigenvalue weighted by atomic mass is 9.78. The van der Waals surface area contributed by atoms with Gasteiger partial charge in [0, 0.05) is 11.6 Å². The van der Waals surface area contributed by atoms with Crippen LogP contribution >= 0.6 is 11.8 Å². The van der Waals surface area contributed by atoms with Gasteiger partial charge in [-0.1, -0.05) is 38.5 Å². The summed E-state index contributed by atoms with van der Waals surface area (Å²) >= 11 is 1.32. The first-order valence-corrected chi connectivity index (χ1v) is 11.2. The van der Waals surface area contributed by atoms with Crippen LogP contribution in [0, 0.1) is 11.8 Å². The molecule has 29 heavy (non-hydrogen) atoms. The minimum absolute atomic E-state index is 0.0200. The van der Waals surface area contributed by atoms with E-state index in [1.54, 1.807) is 0 Å². The normalized spacial score (nSPS) is 22.8. The van der Waals surface area contributed by atoms with Crippen LogP contribution < -0.4 is 15.9 Å². The summed E-state index contributed by atoms with van der Waals surface area (Å²) in [7, 11) is 0. The molecule has 1 aliphatic rings. The molecule has 2 aromatic rings. The van der Waals surface area contributed by atoms with Crippen molar-refractivity contribution in [1.29, 1.82) is 0 Å². The summed E-state index contributed by atoms with van der Waals surface area (Å²) in [6.07, 6.45) is 3.45. The standard InChI is InChI=1S/C21H31N5O2S/c1-5-28-17-11-9-16(10-12-17)19-24-25-21(26(19)22)29-15(4)20(27)23-18-8-6-7-13(2)14(18)3/h9-15,18H,5-8,22H2,1-4H3,(H,23,27)/t13-,14-,15+,18+/m0/s1. The van der Waals surface area contributed by atoms with Gasteiger partial charge in [-0.2, -0.15) is 0 Å². The molecule has 8 heteroatoms. The number of nitrogens with zero attached hydrogens (tertiary/aromatic N) is 3. The zero-order chi connectivity index (χ0) is 21.0. The second-order valence-electron chi connectivity index (χ2n) is 7.78. The van der Waals surface area contributed by atoms with E-state index in [9.17, 15) is 4.79 Å². The number of ether oxygens (including phenoxy) is 1. The first kappa shape index (κ1) is 21.5. The summed E-state index contributed by atoms with van der Waals surface area (Å²) in [5.41, 5.74) is 0.845. The van der Waals surface area contributed by atoms with Crippen LogP contribution in [0.2, 0.25) is 0 Å². The van der Waals surface area contributed by atoms with Crippen molar-refractivity contribution in [1.82, 2.24) is 20.2 Å². The van der Waals surface area contributed by atoms with Crippen molar-refractivity contribution in [2.24, 2.45) is 11.8 Å². The number of nitrogen functional groups attached to an aromatic ring is 1. The summed E-state index contributed by atoms with van der Waals surface area (Å²) < 4.78 is 6.90. The Hall–Kier alpha value is -2.22. The van der Waals surface area contributed by atoms with Crippen LogP contribution in [0.25, 0.3) is 11.4 Å². The van der Waals surface area contributed by atoms with E-state index in [0.29, 0.717) is 29.4 Å². The first-order chi connectivity index (χ1) is 13.9. The van der Waals surface area contributed by atoms with Gasteiger partial charge < -0.3 is 15.9 Å². The van der Waals surface area contributed by atoms with Gasteiger partial charge in [-0.25, -0.2) is 4.68 Å². The molecule has 1 aliphatic carbocycles. The van der Waals surface area contributed by atoms with Crippen LogP contribution in [-0.2, 0) is 4.79 Å². The lowest BCUT2D eigenvalue weighted by Gasteiger charge is -2.35. The molecule has 1 amide bonds. The average Bonchev–Trinajstić information content (AvgIpc) is 3.06. The van der Waals surface area contributed by atoms with Crippen LogP contribution in [0.3, 0.4) is 0 Å². The zero-order valence-corrected chi connectivity index (χ0v) is 18.4.